The Morgan fingerprint density at radius 3 is 2.11 bits per heavy atom. The minimum absolute atomic E-state index is 0.00181. The Balaban J connectivity index is 3.59. The van der Waals surface area contributed by atoms with E-state index in [4.69, 9.17) is 0 Å². The molecule has 9 heavy (non-hydrogen) atoms. The van der Waals surface area contributed by atoms with Crippen LogP contribution in [0.5, 0.6) is 0 Å². The molecule has 0 aromatic heterocycles. The Morgan fingerprint density at radius 1 is 1.56 bits per heavy atom. The number of nitrogens with one attached hydrogen (secondary N) is 1. The molecule has 2 nitrogen and oxygen atoms in total. The summed E-state index contributed by atoms with van der Waals surface area (Å²) >= 11 is 2.03. The summed E-state index contributed by atoms with van der Waals surface area (Å²) in [6, 6.07) is 0. The highest BCUT2D eigenvalue weighted by atomic mass is 127. The van der Waals surface area contributed by atoms with Crippen molar-refractivity contribution >= 4 is 22.9 Å². The third-order valence-corrected chi connectivity index (χ3v) is 1.71. The molecular weight excluding hydrogens is 229 g/mol. The average molecular weight is 243 g/mol. The fourth-order valence-electron chi connectivity index (χ4n) is 0.379. The number of aliphatic hydroxyl groups is 1. The van der Waals surface area contributed by atoms with Crippen LogP contribution >= 0.6 is 22.9 Å². The van der Waals surface area contributed by atoms with E-state index in [1.54, 1.807) is 0 Å². The minimum atomic E-state index is -0.255. The molecular formula is C6H14INO. The van der Waals surface area contributed by atoms with E-state index >= 15 is 0 Å². The van der Waals surface area contributed by atoms with Crippen molar-refractivity contribution < 1.29 is 5.11 Å². The maximum Gasteiger partial charge on any atom is 0.0720 e. The van der Waals surface area contributed by atoms with Gasteiger partial charge in [-0.3, -0.25) is 3.53 Å². The highest BCUT2D eigenvalue weighted by molar-refractivity contribution is 14.1. The van der Waals surface area contributed by atoms with E-state index in [0.29, 0.717) is 6.54 Å². The molecule has 0 aromatic carbocycles. The van der Waals surface area contributed by atoms with Gasteiger partial charge in [-0.2, -0.15) is 0 Å². The van der Waals surface area contributed by atoms with Crippen molar-refractivity contribution in [1.82, 2.24) is 3.53 Å². The predicted molar refractivity (Wildman–Crippen MR) is 47.5 cm³/mol. The smallest absolute Gasteiger partial charge is 0.0720 e. The molecule has 2 N–H and O–H groups in total. The zero-order valence-corrected chi connectivity index (χ0v) is 8.27. The molecule has 0 bridgehead atoms. The molecule has 0 radical (unpaired) electrons. The Morgan fingerprint density at radius 2 is 2.00 bits per heavy atom. The molecule has 0 amide bonds. The Hall–Kier alpha value is 0.650. The minimum Gasteiger partial charge on any atom is -0.391 e. The number of hydrogen-bond donors (Lipinski definition) is 2. The standard InChI is InChI=1S/C6H14INO/c1-6(2,3)5(9)4-8-7/h5,8-9H,4H2,1-3H3. The highest BCUT2D eigenvalue weighted by Crippen LogP contribution is 2.18. The number of aliphatic hydroxyl groups excluding tert-OH is 1. The van der Waals surface area contributed by atoms with E-state index in [1.807, 2.05) is 43.6 Å². The first-order chi connectivity index (χ1) is 3.98. The molecule has 0 aliphatic heterocycles. The van der Waals surface area contributed by atoms with E-state index in [2.05, 4.69) is 3.53 Å². The van der Waals surface area contributed by atoms with Crippen LogP contribution in [0.1, 0.15) is 20.8 Å². The average Bonchev–Trinajstić information content (AvgIpc) is 1.64. The lowest BCUT2D eigenvalue weighted by atomic mass is 9.89. The Bertz CT molecular complexity index is 79.6. The molecule has 0 aromatic rings. The van der Waals surface area contributed by atoms with E-state index in [0.717, 1.165) is 0 Å². The largest absolute Gasteiger partial charge is 0.391 e. The van der Waals surface area contributed by atoms with Crippen molar-refractivity contribution in [2.75, 3.05) is 6.54 Å². The van der Waals surface area contributed by atoms with Gasteiger partial charge in [-0.05, 0) is 5.41 Å². The molecule has 0 aliphatic rings. The number of rotatable bonds is 2. The van der Waals surface area contributed by atoms with Crippen molar-refractivity contribution in [1.29, 1.82) is 0 Å². The third kappa shape index (κ3) is 4.11. The number of halogens is 1. The van der Waals surface area contributed by atoms with Gasteiger partial charge in [-0.25, -0.2) is 0 Å². The van der Waals surface area contributed by atoms with Crippen molar-refractivity contribution in [2.45, 2.75) is 26.9 Å². The molecule has 0 spiro atoms. The molecule has 56 valence electrons. The SMILES string of the molecule is CC(C)(C)C(O)CNI. The Kier molecular flexibility index (Phi) is 4.00. The van der Waals surface area contributed by atoms with Gasteiger partial charge < -0.3 is 5.11 Å². The van der Waals surface area contributed by atoms with Crippen molar-refractivity contribution in [3.8, 4) is 0 Å². The first-order valence-electron chi connectivity index (χ1n) is 3.00. The molecule has 1 unspecified atom stereocenters. The lowest BCUT2D eigenvalue weighted by molar-refractivity contribution is 0.0691. The maximum absolute atomic E-state index is 9.32. The first kappa shape index (κ1) is 9.65. The lowest BCUT2D eigenvalue weighted by Gasteiger charge is -2.24. The molecule has 0 saturated heterocycles. The van der Waals surface area contributed by atoms with Gasteiger partial charge in [-0.1, -0.05) is 20.8 Å². The van der Waals surface area contributed by atoms with Gasteiger partial charge in [0.1, 0.15) is 0 Å². The molecule has 0 fully saturated rings. The lowest BCUT2D eigenvalue weighted by Crippen LogP contribution is -2.33. The second kappa shape index (κ2) is 3.73. The summed E-state index contributed by atoms with van der Waals surface area (Å²) in [5.74, 6) is 0. The van der Waals surface area contributed by atoms with Crippen LogP contribution in [0.4, 0.5) is 0 Å². The van der Waals surface area contributed by atoms with Gasteiger partial charge in [-0.15, -0.1) is 0 Å². The van der Waals surface area contributed by atoms with E-state index in [1.165, 1.54) is 0 Å². The van der Waals surface area contributed by atoms with Crippen LogP contribution in [-0.2, 0) is 0 Å². The van der Waals surface area contributed by atoms with Crippen LogP contribution in [0.15, 0.2) is 0 Å². The van der Waals surface area contributed by atoms with Crippen molar-refractivity contribution in [3.05, 3.63) is 0 Å². The normalized spacial score (nSPS) is 15.7. The zero-order chi connectivity index (χ0) is 7.49. The summed E-state index contributed by atoms with van der Waals surface area (Å²) in [4.78, 5) is 0. The van der Waals surface area contributed by atoms with Gasteiger partial charge in [0.05, 0.1) is 6.10 Å². The van der Waals surface area contributed by atoms with E-state index < -0.39 is 0 Å². The highest BCUT2D eigenvalue weighted by Gasteiger charge is 2.20. The number of hydrogen-bond acceptors (Lipinski definition) is 2. The molecule has 0 heterocycles. The molecule has 1 atom stereocenters. The summed E-state index contributed by atoms with van der Waals surface area (Å²) in [5, 5.41) is 9.32. The second-order valence-electron chi connectivity index (χ2n) is 3.22. The summed E-state index contributed by atoms with van der Waals surface area (Å²) in [5.41, 5.74) is -0.00181. The van der Waals surface area contributed by atoms with Crippen LogP contribution in [0.25, 0.3) is 0 Å². The third-order valence-electron chi connectivity index (χ3n) is 1.27. The second-order valence-corrected chi connectivity index (χ2v) is 3.98. The predicted octanol–water partition coefficient (Wildman–Crippen LogP) is 1.33. The van der Waals surface area contributed by atoms with Gasteiger partial charge in [0.25, 0.3) is 0 Å². The van der Waals surface area contributed by atoms with Gasteiger partial charge in [0, 0.05) is 29.4 Å². The van der Waals surface area contributed by atoms with Gasteiger partial charge in [0.15, 0.2) is 0 Å². The zero-order valence-electron chi connectivity index (χ0n) is 6.11. The summed E-state index contributed by atoms with van der Waals surface area (Å²) in [6.07, 6.45) is -0.255. The fraction of sp³-hybridized carbons (Fsp3) is 1.00. The van der Waals surface area contributed by atoms with Crippen LogP contribution in [0.3, 0.4) is 0 Å². The fourth-order valence-corrected chi connectivity index (χ4v) is 0.796. The summed E-state index contributed by atoms with van der Waals surface area (Å²) < 4.78 is 2.89. The van der Waals surface area contributed by atoms with Gasteiger partial charge in [0.2, 0.25) is 0 Å². The molecule has 0 aliphatic carbocycles. The van der Waals surface area contributed by atoms with Crippen LogP contribution in [-0.4, -0.2) is 17.8 Å². The van der Waals surface area contributed by atoms with E-state index in [-0.39, 0.29) is 11.5 Å². The van der Waals surface area contributed by atoms with Gasteiger partial charge >= 0.3 is 0 Å². The molecule has 0 saturated carbocycles. The topological polar surface area (TPSA) is 32.3 Å². The summed E-state index contributed by atoms with van der Waals surface area (Å²) in [7, 11) is 0. The van der Waals surface area contributed by atoms with Crippen LogP contribution < -0.4 is 3.53 Å². The van der Waals surface area contributed by atoms with E-state index in [9.17, 15) is 5.11 Å². The molecule has 0 rings (SSSR count). The first-order valence-corrected chi connectivity index (χ1v) is 4.08. The van der Waals surface area contributed by atoms with Crippen molar-refractivity contribution in [3.63, 3.8) is 0 Å². The van der Waals surface area contributed by atoms with Crippen LogP contribution in [0.2, 0.25) is 0 Å². The quantitative estimate of drug-likeness (QED) is 0.566. The summed E-state index contributed by atoms with van der Waals surface area (Å²) in [6.45, 7) is 6.72. The maximum atomic E-state index is 9.32. The Labute approximate surface area is 70.5 Å². The van der Waals surface area contributed by atoms with Crippen LogP contribution in [0, 0.1) is 5.41 Å². The monoisotopic (exact) mass is 243 g/mol. The molecule has 3 heteroatoms. The van der Waals surface area contributed by atoms with Crippen molar-refractivity contribution in [2.24, 2.45) is 5.41 Å².